The molecule has 4 fully saturated rings. The van der Waals surface area contributed by atoms with E-state index in [0.29, 0.717) is 5.92 Å². The minimum atomic E-state index is -0.326. The van der Waals surface area contributed by atoms with E-state index in [2.05, 4.69) is 16.7 Å². The molecule has 1 aromatic carbocycles. The molecule has 3 aliphatic carbocycles. The lowest BCUT2D eigenvalue weighted by atomic mass is 9.70. The van der Waals surface area contributed by atoms with Gasteiger partial charge in [-0.3, -0.25) is 19.2 Å². The molecular weight excluding hydrogens is 520 g/mol. The predicted molar refractivity (Wildman–Crippen MR) is 153 cm³/mol. The minimum Gasteiger partial charge on any atom is -0.457 e. The quantitative estimate of drug-likeness (QED) is 0.341. The Hall–Kier alpha value is -2.58. The number of carbonyl (C=O) groups is 4. The van der Waals surface area contributed by atoms with Crippen molar-refractivity contribution < 1.29 is 28.7 Å². The Morgan fingerprint density at radius 3 is 2.00 bits per heavy atom. The van der Waals surface area contributed by atoms with Gasteiger partial charge in [-0.2, -0.15) is 0 Å². The zero-order chi connectivity index (χ0) is 28.4. The number of nitrogens with one attached hydrogen (secondary N) is 2. The first-order valence-corrected chi connectivity index (χ1v) is 16.0. The molecule has 8 nitrogen and oxygen atoms in total. The van der Waals surface area contributed by atoms with Crippen LogP contribution in [0.15, 0.2) is 12.1 Å². The van der Waals surface area contributed by atoms with Crippen molar-refractivity contribution in [1.82, 2.24) is 10.6 Å². The molecule has 8 heteroatoms. The maximum Gasteiger partial charge on any atom is 0.323 e. The summed E-state index contributed by atoms with van der Waals surface area (Å²) >= 11 is 0. The molecular formula is C33H44N2O6. The van der Waals surface area contributed by atoms with Gasteiger partial charge in [-0.15, -0.1) is 0 Å². The Bertz CT molecular complexity index is 1170. The van der Waals surface area contributed by atoms with Gasteiger partial charge in [-0.1, -0.05) is 25.0 Å². The van der Waals surface area contributed by atoms with Crippen LogP contribution in [-0.4, -0.2) is 61.9 Å². The van der Waals surface area contributed by atoms with Gasteiger partial charge in [0.1, 0.15) is 18.7 Å². The summed E-state index contributed by atoms with van der Waals surface area (Å²) in [6.45, 7) is 1.31. The lowest BCUT2D eigenvalue weighted by Gasteiger charge is -2.34. The molecule has 0 radical (unpaired) electrons. The average Bonchev–Trinajstić information content (AvgIpc) is 3.83. The third-order valence-corrected chi connectivity index (χ3v) is 10.6. The number of rotatable bonds is 9. The number of hydrogen-bond donors (Lipinski definition) is 2. The topological polar surface area (TPSA) is 111 Å². The molecule has 2 saturated carbocycles. The Kier molecular flexibility index (Phi) is 8.59. The zero-order valence-electron chi connectivity index (χ0n) is 24.1. The maximum absolute atomic E-state index is 13.4. The molecule has 2 aliphatic heterocycles. The molecule has 0 amide bonds. The normalized spacial score (nSPS) is 28.5. The van der Waals surface area contributed by atoms with Crippen molar-refractivity contribution in [1.29, 1.82) is 0 Å². The van der Waals surface area contributed by atoms with Crippen LogP contribution in [0.25, 0.3) is 0 Å². The van der Waals surface area contributed by atoms with Crippen LogP contribution < -0.4 is 10.6 Å². The first-order valence-electron chi connectivity index (χ1n) is 16.0. The van der Waals surface area contributed by atoms with Gasteiger partial charge < -0.3 is 20.1 Å². The summed E-state index contributed by atoms with van der Waals surface area (Å²) in [5.74, 6) is -0.395. The second-order valence-corrected chi connectivity index (χ2v) is 13.0. The highest BCUT2D eigenvalue weighted by Crippen LogP contribution is 2.54. The molecule has 222 valence electrons. The maximum atomic E-state index is 13.4. The van der Waals surface area contributed by atoms with Crippen molar-refractivity contribution in [2.75, 3.05) is 26.3 Å². The van der Waals surface area contributed by atoms with Crippen molar-refractivity contribution in [3.63, 3.8) is 0 Å². The van der Waals surface area contributed by atoms with E-state index in [0.717, 1.165) is 82.9 Å². The summed E-state index contributed by atoms with van der Waals surface area (Å²) < 4.78 is 10.8. The molecule has 2 atom stereocenters. The van der Waals surface area contributed by atoms with E-state index in [1.165, 1.54) is 42.4 Å². The highest BCUT2D eigenvalue weighted by Gasteiger charge is 2.45. The average molecular weight is 565 g/mol. The molecule has 41 heavy (non-hydrogen) atoms. The van der Waals surface area contributed by atoms with Gasteiger partial charge in [0, 0.05) is 11.5 Å². The lowest BCUT2D eigenvalue weighted by Crippen LogP contribution is -2.34. The minimum absolute atomic E-state index is 0.0376. The Morgan fingerprint density at radius 1 is 0.756 bits per heavy atom. The smallest absolute Gasteiger partial charge is 0.323 e. The molecule has 2 saturated heterocycles. The fourth-order valence-electron chi connectivity index (χ4n) is 8.37. The number of carbonyl (C=O) groups excluding carboxylic acids is 4. The van der Waals surface area contributed by atoms with Crippen LogP contribution in [-0.2, 0) is 35.7 Å². The third-order valence-electron chi connectivity index (χ3n) is 10.6. The highest BCUT2D eigenvalue weighted by atomic mass is 16.5. The number of fused-ring (bicyclic) bond motifs is 2. The van der Waals surface area contributed by atoms with E-state index >= 15 is 0 Å². The fourth-order valence-corrected chi connectivity index (χ4v) is 8.37. The summed E-state index contributed by atoms with van der Waals surface area (Å²) in [5, 5.41) is 6.27. The monoisotopic (exact) mass is 564 g/mol. The van der Waals surface area contributed by atoms with Crippen molar-refractivity contribution >= 4 is 23.5 Å². The summed E-state index contributed by atoms with van der Waals surface area (Å²) in [7, 11) is 0. The number of ketones is 2. The van der Waals surface area contributed by atoms with Crippen molar-refractivity contribution in [3.8, 4) is 0 Å². The van der Waals surface area contributed by atoms with E-state index in [1.807, 2.05) is 6.07 Å². The number of ether oxygens (including phenoxy) is 2. The number of benzene rings is 1. The number of Topliss-reactive ketones (excluding diaryl/α,β-unsaturated/α-hetero) is 2. The van der Waals surface area contributed by atoms with Gasteiger partial charge in [-0.25, -0.2) is 0 Å². The molecule has 1 spiro atoms. The lowest BCUT2D eigenvalue weighted by molar-refractivity contribution is -0.151. The van der Waals surface area contributed by atoms with Crippen molar-refractivity contribution in [2.45, 2.75) is 113 Å². The zero-order valence-corrected chi connectivity index (χ0v) is 24.1. The van der Waals surface area contributed by atoms with Gasteiger partial charge in [0.2, 0.25) is 5.78 Å². The van der Waals surface area contributed by atoms with Crippen LogP contribution in [0, 0.1) is 5.92 Å². The Balaban J connectivity index is 1.12. The van der Waals surface area contributed by atoms with E-state index in [4.69, 9.17) is 9.47 Å². The summed E-state index contributed by atoms with van der Waals surface area (Å²) in [4.78, 5) is 50.9. The number of hydrogen-bond acceptors (Lipinski definition) is 8. The Morgan fingerprint density at radius 2 is 1.39 bits per heavy atom. The van der Waals surface area contributed by atoms with Crippen LogP contribution >= 0.6 is 0 Å². The second kappa shape index (κ2) is 12.3. The van der Waals surface area contributed by atoms with E-state index in [-0.39, 0.29) is 60.1 Å². The molecule has 2 heterocycles. The van der Waals surface area contributed by atoms with Gasteiger partial charge in [0.15, 0.2) is 12.4 Å². The fraction of sp³-hybridized carbons (Fsp3) is 0.697. The van der Waals surface area contributed by atoms with Gasteiger partial charge in [-0.05, 0) is 118 Å². The van der Waals surface area contributed by atoms with Crippen LogP contribution in [0.2, 0.25) is 0 Å². The molecule has 6 rings (SSSR count). The molecule has 0 bridgehead atoms. The van der Waals surface area contributed by atoms with Gasteiger partial charge in [0.05, 0.1) is 0 Å². The third kappa shape index (κ3) is 5.87. The SMILES string of the molecule is O=C(COC(=O)[C@@H]1CCCN1)c1ccc(C2CCC(C(=O)COC(=O)[C@@H]3CCCN3)CC2)c2c1CCC21CCCC1. The van der Waals surface area contributed by atoms with Crippen LogP contribution in [0.5, 0.6) is 0 Å². The van der Waals surface area contributed by atoms with Crippen LogP contribution in [0.3, 0.4) is 0 Å². The molecule has 0 unspecified atom stereocenters. The van der Waals surface area contributed by atoms with E-state index in [9.17, 15) is 19.2 Å². The standard InChI is InChI=1S/C33H44N2O6/c36-28(19-40-31(38)26-5-3-17-34-26)22-9-7-21(8-10-22)23-11-12-24(25-13-16-33(30(23)25)14-1-2-15-33)29(37)20-41-32(39)27-6-4-18-35-27/h11-12,21-22,26-27,34-35H,1-10,13-20H2/t21?,22?,26-,27-/m0/s1. The number of esters is 2. The highest BCUT2D eigenvalue weighted by molar-refractivity contribution is 6.00. The van der Waals surface area contributed by atoms with Crippen molar-refractivity contribution in [2.24, 2.45) is 5.92 Å². The van der Waals surface area contributed by atoms with Gasteiger partial charge >= 0.3 is 11.9 Å². The largest absolute Gasteiger partial charge is 0.457 e. The van der Waals surface area contributed by atoms with Crippen LogP contribution in [0.1, 0.15) is 116 Å². The molecule has 2 N–H and O–H groups in total. The van der Waals surface area contributed by atoms with Gasteiger partial charge in [0.25, 0.3) is 0 Å². The summed E-state index contributed by atoms with van der Waals surface area (Å²) in [5.41, 5.74) is 4.82. The van der Waals surface area contributed by atoms with Crippen molar-refractivity contribution in [3.05, 3.63) is 34.4 Å². The summed E-state index contributed by atoms with van der Waals surface area (Å²) in [6.07, 6.45) is 13.7. The molecule has 5 aliphatic rings. The first-order chi connectivity index (χ1) is 19.9. The first kappa shape index (κ1) is 28.5. The Labute approximate surface area is 242 Å². The second-order valence-electron chi connectivity index (χ2n) is 13.0. The molecule has 0 aromatic heterocycles. The van der Waals surface area contributed by atoms with Crippen LogP contribution in [0.4, 0.5) is 0 Å². The summed E-state index contributed by atoms with van der Waals surface area (Å²) in [6, 6.07) is 3.58. The predicted octanol–water partition coefficient (Wildman–Crippen LogP) is 4.06. The van der Waals surface area contributed by atoms with E-state index < -0.39 is 0 Å². The molecule has 1 aromatic rings. The van der Waals surface area contributed by atoms with E-state index in [1.54, 1.807) is 0 Å².